The largest absolute Gasteiger partial charge is 0.488 e. The number of aryl methyl sites for hydroxylation is 1. The first-order chi connectivity index (χ1) is 21.5. The molecule has 10 heteroatoms. The van der Waals surface area contributed by atoms with Crippen LogP contribution in [0.4, 0.5) is 11.4 Å². The third kappa shape index (κ3) is 8.71. The van der Waals surface area contributed by atoms with Gasteiger partial charge in [0.1, 0.15) is 11.4 Å². The third-order valence-electron chi connectivity index (χ3n) is 8.50. The molecule has 1 fully saturated rings. The molecule has 2 heterocycles. The van der Waals surface area contributed by atoms with E-state index in [9.17, 15) is 19.0 Å². The lowest BCUT2D eigenvalue weighted by Crippen LogP contribution is -2.48. The fourth-order valence-corrected chi connectivity index (χ4v) is 7.71. The van der Waals surface area contributed by atoms with Gasteiger partial charge in [0.25, 0.3) is 5.91 Å². The minimum Gasteiger partial charge on any atom is -0.488 e. The van der Waals surface area contributed by atoms with Crippen LogP contribution >= 0.6 is 10.8 Å². The van der Waals surface area contributed by atoms with Gasteiger partial charge in [-0.15, -0.1) is 10.8 Å². The van der Waals surface area contributed by atoms with E-state index in [1.807, 2.05) is 49.4 Å². The van der Waals surface area contributed by atoms with Gasteiger partial charge in [-0.1, -0.05) is 42.5 Å². The van der Waals surface area contributed by atoms with Crippen LogP contribution in [0.5, 0.6) is 5.75 Å². The molecule has 1 saturated heterocycles. The number of benzene rings is 3. The summed E-state index contributed by atoms with van der Waals surface area (Å²) in [5.74, 6) is 0.921. The highest BCUT2D eigenvalue weighted by molar-refractivity contribution is 8.25. The van der Waals surface area contributed by atoms with Crippen molar-refractivity contribution in [2.75, 3.05) is 35.0 Å². The van der Waals surface area contributed by atoms with Gasteiger partial charge in [0.15, 0.2) is 0 Å². The number of anilines is 2. The second kappa shape index (κ2) is 14.4. The Balaban J connectivity index is 1.30. The average Bonchev–Trinajstić information content (AvgIpc) is 3.00. The summed E-state index contributed by atoms with van der Waals surface area (Å²) in [5, 5.41) is 21.1. The lowest BCUT2D eigenvalue weighted by atomic mass is 9.93. The normalized spacial score (nSPS) is 19.0. The number of hydrogen-bond acceptors (Lipinski definition) is 8. The molecule has 0 saturated carbocycles. The maximum Gasteiger partial charge on any atom is 0.251 e. The SMILES string of the molecule is CCNc1cc(C(=O)N[C@@H](Cc2ccccc2)[C@@H](O)CNCc2ccc3c(c2)CCC(C)(C)O3)cc(N2CCCCS2(O)O)c1. The summed E-state index contributed by atoms with van der Waals surface area (Å²) < 4.78 is 29.3. The molecule has 3 aromatic carbocycles. The Morgan fingerprint density at radius 1 is 1.04 bits per heavy atom. The molecule has 244 valence electrons. The van der Waals surface area contributed by atoms with Gasteiger partial charge >= 0.3 is 0 Å². The van der Waals surface area contributed by atoms with Crippen LogP contribution in [0.3, 0.4) is 0 Å². The summed E-state index contributed by atoms with van der Waals surface area (Å²) in [6.07, 6.45) is 3.13. The van der Waals surface area contributed by atoms with Crippen molar-refractivity contribution >= 4 is 28.1 Å². The number of hydrogen-bond donors (Lipinski definition) is 6. The maximum atomic E-state index is 13.8. The van der Waals surface area contributed by atoms with Gasteiger partial charge in [0.2, 0.25) is 0 Å². The molecule has 9 nitrogen and oxygen atoms in total. The van der Waals surface area contributed by atoms with Gasteiger partial charge in [-0.3, -0.25) is 18.2 Å². The Kier molecular flexibility index (Phi) is 10.6. The van der Waals surface area contributed by atoms with Crippen molar-refractivity contribution in [3.8, 4) is 5.75 Å². The highest BCUT2D eigenvalue weighted by Crippen LogP contribution is 2.50. The van der Waals surface area contributed by atoms with Gasteiger partial charge in [-0.05, 0) is 93.8 Å². The summed E-state index contributed by atoms with van der Waals surface area (Å²) in [6.45, 7) is 8.22. The number of nitrogens with zero attached hydrogens (tertiary/aromatic N) is 1. The fraction of sp³-hybridized carbons (Fsp3) is 0.457. The predicted molar refractivity (Wildman–Crippen MR) is 183 cm³/mol. The van der Waals surface area contributed by atoms with Crippen LogP contribution in [-0.4, -0.2) is 63.3 Å². The van der Waals surface area contributed by atoms with Crippen LogP contribution in [0, 0.1) is 0 Å². The van der Waals surface area contributed by atoms with Crippen LogP contribution in [0.25, 0.3) is 0 Å². The number of ether oxygens (including phenoxy) is 1. The Bertz CT molecular complexity index is 1450. The number of aliphatic hydroxyl groups is 1. The summed E-state index contributed by atoms with van der Waals surface area (Å²) in [7, 11) is -2.95. The molecule has 5 rings (SSSR count). The summed E-state index contributed by atoms with van der Waals surface area (Å²) in [6, 6.07) is 20.8. The molecule has 0 unspecified atom stereocenters. The van der Waals surface area contributed by atoms with Crippen molar-refractivity contribution in [3.63, 3.8) is 0 Å². The van der Waals surface area contributed by atoms with Gasteiger partial charge in [0.05, 0.1) is 23.6 Å². The van der Waals surface area contributed by atoms with E-state index in [1.165, 1.54) is 5.56 Å². The Morgan fingerprint density at radius 2 is 1.84 bits per heavy atom. The standard InChI is InChI=1S/C35H48N4O5S/c1-4-37-29-20-28(21-30(22-29)39-16-8-9-17-45(39,42)43)34(41)38-31(19-25-10-6-5-7-11-25)32(40)24-36-23-26-12-13-33-27(18-26)14-15-35(2,3)44-33/h5-7,10-13,18,20-22,31-32,36-37,40,42-43H,4,8-9,14-17,19,23-24H2,1-3H3,(H,38,41)/t31-,32-/m0/s1. The van der Waals surface area contributed by atoms with Crippen LogP contribution in [0.1, 0.15) is 67.1 Å². The maximum absolute atomic E-state index is 13.8. The molecule has 1 amide bonds. The summed E-state index contributed by atoms with van der Waals surface area (Å²) in [4.78, 5) is 13.8. The average molecular weight is 637 g/mol. The number of fused-ring (bicyclic) bond motifs is 1. The molecule has 2 atom stereocenters. The molecule has 0 bridgehead atoms. The van der Waals surface area contributed by atoms with Crippen LogP contribution in [0.2, 0.25) is 0 Å². The molecular formula is C35H48N4O5S. The molecule has 0 spiro atoms. The number of aliphatic hydroxyl groups excluding tert-OH is 1. The van der Waals surface area contributed by atoms with Crippen LogP contribution in [-0.2, 0) is 19.4 Å². The highest BCUT2D eigenvalue weighted by Gasteiger charge is 2.29. The van der Waals surface area contributed by atoms with Crippen molar-refractivity contribution in [2.24, 2.45) is 0 Å². The van der Waals surface area contributed by atoms with Gasteiger partial charge in [-0.2, -0.15) is 0 Å². The monoisotopic (exact) mass is 636 g/mol. The van der Waals surface area contributed by atoms with E-state index >= 15 is 0 Å². The van der Waals surface area contributed by atoms with Gasteiger partial charge in [0, 0.05) is 37.4 Å². The first-order valence-corrected chi connectivity index (χ1v) is 17.7. The fourth-order valence-electron chi connectivity index (χ4n) is 6.03. The Morgan fingerprint density at radius 3 is 2.60 bits per heavy atom. The number of amides is 1. The molecule has 45 heavy (non-hydrogen) atoms. The smallest absolute Gasteiger partial charge is 0.251 e. The van der Waals surface area contributed by atoms with Crippen LogP contribution in [0.15, 0.2) is 66.7 Å². The van der Waals surface area contributed by atoms with Crippen molar-refractivity contribution in [1.29, 1.82) is 0 Å². The van der Waals surface area contributed by atoms with Gasteiger partial charge in [-0.25, -0.2) is 0 Å². The number of carbonyl (C=O) groups is 1. The highest BCUT2D eigenvalue weighted by atomic mass is 32.3. The molecule has 0 radical (unpaired) electrons. The van der Waals surface area contributed by atoms with Crippen molar-refractivity contribution in [3.05, 3.63) is 89.0 Å². The number of nitrogens with one attached hydrogen (secondary N) is 3. The van der Waals surface area contributed by atoms with E-state index in [-0.39, 0.29) is 18.1 Å². The minimum atomic E-state index is -2.95. The zero-order chi connectivity index (χ0) is 32.0. The lowest BCUT2D eigenvalue weighted by Gasteiger charge is -2.47. The van der Waals surface area contributed by atoms with Crippen molar-refractivity contribution < 1.29 is 23.7 Å². The Hall–Kier alpha value is -3.28. The zero-order valence-electron chi connectivity index (χ0n) is 26.6. The summed E-state index contributed by atoms with van der Waals surface area (Å²) >= 11 is 0. The van der Waals surface area contributed by atoms with E-state index < -0.39 is 22.9 Å². The summed E-state index contributed by atoms with van der Waals surface area (Å²) in [5.41, 5.74) is 4.88. The minimum absolute atomic E-state index is 0.151. The molecule has 2 aliphatic rings. The first-order valence-electron chi connectivity index (χ1n) is 16.0. The third-order valence-corrected chi connectivity index (χ3v) is 10.4. The Labute approximate surface area is 268 Å². The molecule has 2 aliphatic heterocycles. The number of rotatable bonds is 12. The van der Waals surface area contributed by atoms with E-state index in [0.29, 0.717) is 43.1 Å². The molecule has 0 aromatic heterocycles. The second-order valence-corrected chi connectivity index (χ2v) is 14.8. The van der Waals surface area contributed by atoms with E-state index in [4.69, 9.17) is 4.74 Å². The van der Waals surface area contributed by atoms with E-state index in [0.717, 1.165) is 48.2 Å². The predicted octanol–water partition coefficient (Wildman–Crippen LogP) is 5.98. The lowest BCUT2D eigenvalue weighted by molar-refractivity contribution is 0.0830. The second-order valence-electron chi connectivity index (χ2n) is 12.7. The molecule has 6 N–H and O–H groups in total. The number of carbonyl (C=O) groups excluding carboxylic acids is 1. The van der Waals surface area contributed by atoms with Crippen molar-refractivity contribution in [1.82, 2.24) is 10.6 Å². The van der Waals surface area contributed by atoms with E-state index in [2.05, 4.69) is 41.9 Å². The topological polar surface area (TPSA) is 126 Å². The quantitative estimate of drug-likeness (QED) is 0.143. The molecule has 0 aliphatic carbocycles. The molecular weight excluding hydrogens is 588 g/mol. The zero-order valence-corrected chi connectivity index (χ0v) is 27.4. The van der Waals surface area contributed by atoms with E-state index in [1.54, 1.807) is 16.4 Å². The van der Waals surface area contributed by atoms with Crippen LogP contribution < -0.4 is 25.0 Å². The molecule has 3 aromatic rings. The van der Waals surface area contributed by atoms with Gasteiger partial charge < -0.3 is 25.8 Å². The van der Waals surface area contributed by atoms with Crippen molar-refractivity contribution in [2.45, 2.75) is 77.2 Å². The first kappa shape index (κ1) is 33.1.